The Bertz CT molecular complexity index is 869. The standard InChI is InChI=1S/C22H25N3O2/c1-27-20(26)18-8-4-2-7-17(18)15-24-21-22(10-12-23-13-11-22)14-16-6-3-5-9-19(16)25-21/h2-9,23H,10-15H2,1H3,(H,24,25). The number of piperidine rings is 1. The average Bonchev–Trinajstić information content (AvgIpc) is 2.72. The normalized spacial score (nSPS) is 19.4. The van der Waals surface area contributed by atoms with Crippen molar-refractivity contribution in [2.24, 2.45) is 10.4 Å². The fourth-order valence-electron chi connectivity index (χ4n) is 4.16. The summed E-state index contributed by atoms with van der Waals surface area (Å²) in [6, 6.07) is 16.0. The molecule has 0 unspecified atom stereocenters. The summed E-state index contributed by atoms with van der Waals surface area (Å²) in [6.45, 7) is 2.47. The predicted molar refractivity (Wildman–Crippen MR) is 107 cm³/mol. The molecule has 2 aromatic rings. The number of benzene rings is 2. The Hall–Kier alpha value is -2.66. The Morgan fingerprint density at radius 1 is 1.11 bits per heavy atom. The number of esters is 1. The van der Waals surface area contributed by atoms with Crippen LogP contribution in [0.15, 0.2) is 53.5 Å². The lowest BCUT2D eigenvalue weighted by Gasteiger charge is -2.42. The lowest BCUT2D eigenvalue weighted by atomic mass is 9.71. The van der Waals surface area contributed by atoms with Crippen molar-refractivity contribution in [2.75, 3.05) is 25.5 Å². The monoisotopic (exact) mass is 363 g/mol. The number of carbonyl (C=O) groups excluding carboxylic acids is 1. The molecule has 2 aromatic carbocycles. The Morgan fingerprint density at radius 3 is 2.67 bits per heavy atom. The third-order valence-electron chi connectivity index (χ3n) is 5.69. The molecule has 4 rings (SSSR count). The quantitative estimate of drug-likeness (QED) is 0.821. The zero-order valence-corrected chi connectivity index (χ0v) is 15.6. The van der Waals surface area contributed by atoms with Gasteiger partial charge in [-0.15, -0.1) is 0 Å². The molecular formula is C22H25N3O2. The predicted octanol–water partition coefficient (Wildman–Crippen LogP) is 3.41. The number of para-hydroxylation sites is 1. The van der Waals surface area contributed by atoms with Gasteiger partial charge in [-0.3, -0.25) is 4.99 Å². The van der Waals surface area contributed by atoms with E-state index in [-0.39, 0.29) is 11.4 Å². The molecule has 1 spiro atoms. The van der Waals surface area contributed by atoms with E-state index in [1.54, 1.807) is 6.07 Å². The summed E-state index contributed by atoms with van der Waals surface area (Å²) >= 11 is 0. The zero-order valence-electron chi connectivity index (χ0n) is 15.6. The Morgan fingerprint density at radius 2 is 1.85 bits per heavy atom. The topological polar surface area (TPSA) is 62.7 Å². The summed E-state index contributed by atoms with van der Waals surface area (Å²) in [7, 11) is 1.41. The zero-order chi connectivity index (χ0) is 18.7. The Labute approximate surface area is 159 Å². The van der Waals surface area contributed by atoms with Gasteiger partial charge in [0.25, 0.3) is 0 Å². The van der Waals surface area contributed by atoms with Crippen molar-refractivity contribution in [1.29, 1.82) is 0 Å². The molecule has 2 aliphatic heterocycles. The molecule has 27 heavy (non-hydrogen) atoms. The molecule has 1 saturated heterocycles. The Balaban J connectivity index is 1.68. The lowest BCUT2D eigenvalue weighted by Crippen LogP contribution is -2.48. The van der Waals surface area contributed by atoms with Crippen LogP contribution in [0.3, 0.4) is 0 Å². The highest BCUT2D eigenvalue weighted by Gasteiger charge is 2.40. The number of hydrogen-bond donors (Lipinski definition) is 2. The molecule has 0 amide bonds. The first-order valence-corrected chi connectivity index (χ1v) is 9.49. The second-order valence-electron chi connectivity index (χ2n) is 7.30. The van der Waals surface area contributed by atoms with E-state index in [9.17, 15) is 4.79 Å². The van der Waals surface area contributed by atoms with Crippen LogP contribution in [-0.4, -0.2) is 32.0 Å². The van der Waals surface area contributed by atoms with Crippen LogP contribution < -0.4 is 10.6 Å². The van der Waals surface area contributed by atoms with Gasteiger partial charge >= 0.3 is 5.97 Å². The number of ether oxygens (including phenoxy) is 1. The summed E-state index contributed by atoms with van der Waals surface area (Å²) in [4.78, 5) is 17.0. The second kappa shape index (κ2) is 7.53. The highest BCUT2D eigenvalue weighted by atomic mass is 16.5. The van der Waals surface area contributed by atoms with E-state index in [2.05, 4.69) is 34.9 Å². The van der Waals surface area contributed by atoms with E-state index in [1.807, 2.05) is 18.2 Å². The number of anilines is 1. The fourth-order valence-corrected chi connectivity index (χ4v) is 4.16. The van der Waals surface area contributed by atoms with Crippen LogP contribution in [0.1, 0.15) is 34.3 Å². The van der Waals surface area contributed by atoms with Crippen molar-refractivity contribution >= 4 is 17.5 Å². The van der Waals surface area contributed by atoms with Gasteiger partial charge in [-0.2, -0.15) is 0 Å². The first-order chi connectivity index (χ1) is 13.2. The number of aliphatic imine (C=N–C) groups is 1. The molecule has 5 heteroatoms. The maximum Gasteiger partial charge on any atom is 0.338 e. The first-order valence-electron chi connectivity index (χ1n) is 9.49. The summed E-state index contributed by atoms with van der Waals surface area (Å²) in [5, 5.41) is 7.06. The van der Waals surface area contributed by atoms with Crippen molar-refractivity contribution < 1.29 is 9.53 Å². The number of amidine groups is 1. The number of nitrogens with one attached hydrogen (secondary N) is 2. The summed E-state index contributed by atoms with van der Waals surface area (Å²) in [6.07, 6.45) is 3.13. The largest absolute Gasteiger partial charge is 0.465 e. The summed E-state index contributed by atoms with van der Waals surface area (Å²) in [5.74, 6) is 0.728. The van der Waals surface area contributed by atoms with Crippen molar-refractivity contribution in [3.05, 3.63) is 65.2 Å². The second-order valence-corrected chi connectivity index (χ2v) is 7.30. The van der Waals surface area contributed by atoms with Gasteiger partial charge in [-0.25, -0.2) is 4.79 Å². The van der Waals surface area contributed by atoms with Crippen LogP contribution in [0, 0.1) is 5.41 Å². The van der Waals surface area contributed by atoms with Crippen molar-refractivity contribution in [1.82, 2.24) is 5.32 Å². The molecule has 2 aliphatic rings. The molecule has 0 atom stereocenters. The van der Waals surface area contributed by atoms with E-state index >= 15 is 0 Å². The van der Waals surface area contributed by atoms with E-state index in [0.29, 0.717) is 12.1 Å². The third-order valence-corrected chi connectivity index (χ3v) is 5.69. The number of nitrogens with zero attached hydrogens (tertiary/aromatic N) is 1. The molecule has 0 saturated carbocycles. The van der Waals surface area contributed by atoms with Gasteiger partial charge in [-0.05, 0) is 55.6 Å². The Kier molecular flexibility index (Phi) is 4.94. The lowest BCUT2D eigenvalue weighted by molar-refractivity contribution is 0.0599. The number of carbonyl (C=O) groups is 1. The smallest absolute Gasteiger partial charge is 0.338 e. The third kappa shape index (κ3) is 3.47. The van der Waals surface area contributed by atoms with Gasteiger partial charge in [0.15, 0.2) is 0 Å². The van der Waals surface area contributed by atoms with Crippen LogP contribution >= 0.6 is 0 Å². The van der Waals surface area contributed by atoms with E-state index in [0.717, 1.165) is 49.4 Å². The maximum absolute atomic E-state index is 12.0. The molecule has 0 aliphatic carbocycles. The highest BCUT2D eigenvalue weighted by molar-refractivity contribution is 6.02. The molecule has 140 valence electrons. The molecule has 5 nitrogen and oxygen atoms in total. The van der Waals surface area contributed by atoms with Gasteiger partial charge in [0.2, 0.25) is 0 Å². The average molecular weight is 363 g/mol. The summed E-state index contributed by atoms with van der Waals surface area (Å²) < 4.78 is 4.91. The molecular weight excluding hydrogens is 338 g/mol. The van der Waals surface area contributed by atoms with Gasteiger partial charge < -0.3 is 15.4 Å². The number of rotatable bonds is 3. The van der Waals surface area contributed by atoms with Gasteiger partial charge in [0.05, 0.1) is 19.2 Å². The van der Waals surface area contributed by atoms with Crippen molar-refractivity contribution in [3.63, 3.8) is 0 Å². The first kappa shape index (κ1) is 17.7. The van der Waals surface area contributed by atoms with Crippen LogP contribution in [0.4, 0.5) is 5.69 Å². The molecule has 1 fully saturated rings. The molecule has 2 heterocycles. The molecule has 0 radical (unpaired) electrons. The number of fused-ring (bicyclic) bond motifs is 1. The minimum atomic E-state index is -0.315. The molecule has 2 N–H and O–H groups in total. The number of methoxy groups -OCH3 is 1. The van der Waals surface area contributed by atoms with Crippen LogP contribution in [0.5, 0.6) is 0 Å². The van der Waals surface area contributed by atoms with Gasteiger partial charge in [0, 0.05) is 11.1 Å². The minimum Gasteiger partial charge on any atom is -0.465 e. The molecule has 0 aromatic heterocycles. The van der Waals surface area contributed by atoms with Crippen LogP contribution in [0.25, 0.3) is 0 Å². The van der Waals surface area contributed by atoms with Gasteiger partial charge in [-0.1, -0.05) is 36.4 Å². The summed E-state index contributed by atoms with van der Waals surface area (Å²) in [5.41, 5.74) is 4.01. The van der Waals surface area contributed by atoms with Crippen LogP contribution in [-0.2, 0) is 17.7 Å². The fraction of sp³-hybridized carbons (Fsp3) is 0.364. The van der Waals surface area contributed by atoms with E-state index in [1.165, 1.54) is 12.7 Å². The van der Waals surface area contributed by atoms with Gasteiger partial charge in [0.1, 0.15) is 5.84 Å². The SMILES string of the molecule is COC(=O)c1ccccc1CN=C1Nc2ccccc2CC12CCNCC2. The van der Waals surface area contributed by atoms with Crippen molar-refractivity contribution in [2.45, 2.75) is 25.8 Å². The maximum atomic E-state index is 12.0. The van der Waals surface area contributed by atoms with Crippen LogP contribution in [0.2, 0.25) is 0 Å². The number of hydrogen-bond acceptors (Lipinski definition) is 4. The van der Waals surface area contributed by atoms with E-state index in [4.69, 9.17) is 9.73 Å². The van der Waals surface area contributed by atoms with Crippen molar-refractivity contribution in [3.8, 4) is 0 Å². The van der Waals surface area contributed by atoms with E-state index < -0.39 is 0 Å². The highest BCUT2D eigenvalue weighted by Crippen LogP contribution is 2.40. The molecule has 0 bridgehead atoms. The minimum absolute atomic E-state index is 0.0415.